The highest BCUT2D eigenvalue weighted by molar-refractivity contribution is 6.05. The van der Waals surface area contributed by atoms with Crippen LogP contribution < -0.4 is 10.6 Å². The summed E-state index contributed by atoms with van der Waals surface area (Å²) in [7, 11) is 0. The lowest BCUT2D eigenvalue weighted by atomic mass is 9.86. The van der Waals surface area contributed by atoms with Gasteiger partial charge in [-0.05, 0) is 42.0 Å². The second-order valence-corrected chi connectivity index (χ2v) is 7.43. The van der Waals surface area contributed by atoms with Crippen LogP contribution in [0, 0.1) is 0 Å². The SMILES string of the molecule is CC(C)(C)c1ccccc1NC(=O)c1cc(C(=O)NC2CC2)ccn1. The molecular weight excluding hydrogens is 314 g/mol. The Bertz CT molecular complexity index is 805. The number of carbonyl (C=O) groups excluding carboxylic acids is 2. The van der Waals surface area contributed by atoms with E-state index >= 15 is 0 Å². The molecule has 1 fully saturated rings. The third kappa shape index (κ3) is 4.24. The van der Waals surface area contributed by atoms with Gasteiger partial charge >= 0.3 is 0 Å². The van der Waals surface area contributed by atoms with Crippen LogP contribution in [-0.4, -0.2) is 22.8 Å². The van der Waals surface area contributed by atoms with Crippen molar-refractivity contribution in [2.45, 2.75) is 45.1 Å². The Balaban J connectivity index is 1.79. The maximum atomic E-state index is 12.6. The van der Waals surface area contributed by atoms with Crippen molar-refractivity contribution in [3.63, 3.8) is 0 Å². The number of hydrogen-bond donors (Lipinski definition) is 2. The zero-order chi connectivity index (χ0) is 18.0. The molecule has 1 aliphatic rings. The molecule has 1 aliphatic carbocycles. The van der Waals surface area contributed by atoms with E-state index in [0.29, 0.717) is 5.56 Å². The molecule has 2 aromatic rings. The van der Waals surface area contributed by atoms with Gasteiger partial charge in [-0.25, -0.2) is 0 Å². The minimum atomic E-state index is -0.322. The number of hydrogen-bond acceptors (Lipinski definition) is 3. The Morgan fingerprint density at radius 3 is 2.48 bits per heavy atom. The van der Waals surface area contributed by atoms with Gasteiger partial charge in [0.2, 0.25) is 0 Å². The third-order valence-electron chi connectivity index (χ3n) is 4.15. The molecule has 0 saturated heterocycles. The van der Waals surface area contributed by atoms with Crippen LogP contribution >= 0.6 is 0 Å². The van der Waals surface area contributed by atoms with Crippen molar-refractivity contribution < 1.29 is 9.59 Å². The van der Waals surface area contributed by atoms with Crippen LogP contribution in [0.3, 0.4) is 0 Å². The highest BCUT2D eigenvalue weighted by Crippen LogP contribution is 2.29. The van der Waals surface area contributed by atoms with Crippen molar-refractivity contribution >= 4 is 17.5 Å². The Hall–Kier alpha value is -2.69. The number of anilines is 1. The molecule has 5 heteroatoms. The Morgan fingerprint density at radius 2 is 1.80 bits per heavy atom. The van der Waals surface area contributed by atoms with Crippen molar-refractivity contribution in [2.75, 3.05) is 5.32 Å². The van der Waals surface area contributed by atoms with Gasteiger partial charge in [-0.2, -0.15) is 0 Å². The number of amides is 2. The number of carbonyl (C=O) groups is 2. The van der Waals surface area contributed by atoms with Gasteiger partial charge in [-0.1, -0.05) is 39.0 Å². The van der Waals surface area contributed by atoms with Crippen LogP contribution in [0.5, 0.6) is 0 Å². The molecule has 0 aliphatic heterocycles. The molecule has 130 valence electrons. The van der Waals surface area contributed by atoms with Crippen molar-refractivity contribution in [1.82, 2.24) is 10.3 Å². The van der Waals surface area contributed by atoms with Gasteiger partial charge in [0.1, 0.15) is 5.69 Å². The van der Waals surface area contributed by atoms with E-state index in [4.69, 9.17) is 0 Å². The number of rotatable bonds is 4. The molecule has 25 heavy (non-hydrogen) atoms. The van der Waals surface area contributed by atoms with E-state index in [9.17, 15) is 9.59 Å². The molecule has 2 amide bonds. The number of nitrogens with zero attached hydrogens (tertiary/aromatic N) is 1. The molecular formula is C20H23N3O2. The van der Waals surface area contributed by atoms with E-state index in [2.05, 4.69) is 36.4 Å². The normalized spacial score (nSPS) is 14.0. The zero-order valence-corrected chi connectivity index (χ0v) is 14.8. The molecule has 1 aromatic carbocycles. The minimum absolute atomic E-state index is 0.0939. The van der Waals surface area contributed by atoms with E-state index in [1.54, 1.807) is 6.07 Å². The summed E-state index contributed by atoms with van der Waals surface area (Å²) in [6, 6.07) is 11.2. The van der Waals surface area contributed by atoms with Crippen LogP contribution in [0.4, 0.5) is 5.69 Å². The first-order valence-corrected chi connectivity index (χ1v) is 8.52. The van der Waals surface area contributed by atoms with Gasteiger partial charge in [-0.3, -0.25) is 14.6 Å². The van der Waals surface area contributed by atoms with Crippen LogP contribution in [0.2, 0.25) is 0 Å². The molecule has 1 aromatic heterocycles. The maximum Gasteiger partial charge on any atom is 0.274 e. The van der Waals surface area contributed by atoms with Gasteiger partial charge in [0, 0.05) is 23.5 Å². The Labute approximate surface area is 147 Å². The summed E-state index contributed by atoms with van der Waals surface area (Å²) in [5.74, 6) is -0.480. The van der Waals surface area contributed by atoms with Gasteiger partial charge in [0.05, 0.1) is 0 Å². The van der Waals surface area contributed by atoms with Gasteiger partial charge < -0.3 is 10.6 Å². The summed E-state index contributed by atoms with van der Waals surface area (Å²) in [5.41, 5.74) is 2.40. The van der Waals surface area contributed by atoms with Crippen LogP contribution in [0.15, 0.2) is 42.6 Å². The summed E-state index contributed by atoms with van der Waals surface area (Å²) in [5, 5.41) is 5.84. The van der Waals surface area contributed by atoms with Crippen LogP contribution in [-0.2, 0) is 5.41 Å². The molecule has 0 radical (unpaired) electrons. The zero-order valence-electron chi connectivity index (χ0n) is 14.8. The first-order chi connectivity index (χ1) is 11.8. The fraction of sp³-hybridized carbons (Fsp3) is 0.350. The fourth-order valence-corrected chi connectivity index (χ4v) is 2.62. The molecule has 2 N–H and O–H groups in total. The third-order valence-corrected chi connectivity index (χ3v) is 4.15. The van der Waals surface area contributed by atoms with Crippen molar-refractivity contribution in [2.24, 2.45) is 0 Å². The van der Waals surface area contributed by atoms with Gasteiger partial charge in [0.15, 0.2) is 0 Å². The fourth-order valence-electron chi connectivity index (χ4n) is 2.62. The summed E-state index contributed by atoms with van der Waals surface area (Å²) in [6.07, 6.45) is 3.54. The van der Waals surface area contributed by atoms with Gasteiger partial charge in [-0.15, -0.1) is 0 Å². The second-order valence-electron chi connectivity index (χ2n) is 7.43. The lowest BCUT2D eigenvalue weighted by molar-refractivity contribution is 0.0951. The molecule has 0 bridgehead atoms. The first kappa shape index (κ1) is 17.1. The Kier molecular flexibility index (Phi) is 4.57. The molecule has 3 rings (SSSR count). The maximum absolute atomic E-state index is 12.6. The number of aromatic nitrogens is 1. The van der Waals surface area contributed by atoms with Crippen molar-refractivity contribution in [3.8, 4) is 0 Å². The van der Waals surface area contributed by atoms with Crippen molar-refractivity contribution in [1.29, 1.82) is 0 Å². The average Bonchev–Trinajstić information content (AvgIpc) is 3.38. The monoisotopic (exact) mass is 337 g/mol. The summed E-state index contributed by atoms with van der Waals surface area (Å²) >= 11 is 0. The molecule has 1 saturated carbocycles. The molecule has 0 unspecified atom stereocenters. The van der Waals surface area contributed by atoms with Crippen LogP contribution in [0.1, 0.15) is 60.0 Å². The quantitative estimate of drug-likeness (QED) is 0.896. The highest BCUT2D eigenvalue weighted by atomic mass is 16.2. The van der Waals surface area contributed by atoms with E-state index in [1.165, 1.54) is 12.3 Å². The van der Waals surface area contributed by atoms with E-state index in [1.807, 2.05) is 24.3 Å². The minimum Gasteiger partial charge on any atom is -0.349 e. The summed E-state index contributed by atoms with van der Waals surface area (Å²) in [4.78, 5) is 28.9. The van der Waals surface area contributed by atoms with Gasteiger partial charge in [0.25, 0.3) is 11.8 Å². The molecule has 1 heterocycles. The van der Waals surface area contributed by atoms with Crippen molar-refractivity contribution in [3.05, 3.63) is 59.4 Å². The lowest BCUT2D eigenvalue weighted by Crippen LogP contribution is -2.26. The number of nitrogens with one attached hydrogen (secondary N) is 2. The molecule has 0 atom stereocenters. The largest absolute Gasteiger partial charge is 0.349 e. The first-order valence-electron chi connectivity index (χ1n) is 8.52. The van der Waals surface area contributed by atoms with Crippen LogP contribution in [0.25, 0.3) is 0 Å². The number of para-hydroxylation sites is 1. The lowest BCUT2D eigenvalue weighted by Gasteiger charge is -2.22. The highest BCUT2D eigenvalue weighted by Gasteiger charge is 2.24. The molecule has 5 nitrogen and oxygen atoms in total. The van der Waals surface area contributed by atoms with E-state index < -0.39 is 0 Å². The predicted molar refractivity (Wildman–Crippen MR) is 97.8 cm³/mol. The summed E-state index contributed by atoms with van der Waals surface area (Å²) in [6.45, 7) is 6.29. The summed E-state index contributed by atoms with van der Waals surface area (Å²) < 4.78 is 0. The second kappa shape index (κ2) is 6.67. The molecule has 0 spiro atoms. The topological polar surface area (TPSA) is 71.1 Å². The predicted octanol–water partition coefficient (Wildman–Crippen LogP) is 3.52. The van der Waals surface area contributed by atoms with E-state index in [0.717, 1.165) is 24.1 Å². The number of pyridine rings is 1. The number of benzene rings is 1. The standard InChI is InChI=1S/C20H23N3O2/c1-20(2,3)15-6-4-5-7-16(15)23-19(25)17-12-13(10-11-21-17)18(24)22-14-8-9-14/h4-7,10-12,14H,8-9H2,1-3H3,(H,22,24)(H,23,25). The van der Waals surface area contributed by atoms with E-state index in [-0.39, 0.29) is 29.0 Å². The average molecular weight is 337 g/mol. The smallest absolute Gasteiger partial charge is 0.274 e. The Morgan fingerprint density at radius 1 is 1.08 bits per heavy atom.